The van der Waals surface area contributed by atoms with Gasteiger partial charge in [0.15, 0.2) is 5.75 Å². The summed E-state index contributed by atoms with van der Waals surface area (Å²) in [6, 6.07) is 9.23. The topological polar surface area (TPSA) is 85.3 Å². The lowest BCUT2D eigenvalue weighted by Crippen LogP contribution is -2.31. The average molecular weight is 508 g/mol. The fraction of sp³-hybridized carbons (Fsp3) is 0.360. The standard InChI is InChI=1S/C25H27Cl2NO6/c1-4-10-34-17-8-5-7-15(12-17)21-20(23(30)25(31)28(21)9-6-11-32-2)22(29)16-13-18(26)24(33-3)19(27)14-16/h5,7-8,12-14,21,29H,4,6,9-11H2,1-3H3/b22-20+. The minimum absolute atomic E-state index is 0.0487. The summed E-state index contributed by atoms with van der Waals surface area (Å²) in [6.45, 7) is 3.21. The van der Waals surface area contributed by atoms with Crippen LogP contribution >= 0.6 is 23.2 Å². The molecule has 3 rings (SSSR count). The van der Waals surface area contributed by atoms with Gasteiger partial charge in [0.2, 0.25) is 0 Å². The molecule has 0 aliphatic carbocycles. The van der Waals surface area contributed by atoms with Crippen LogP contribution in [-0.2, 0) is 14.3 Å². The first-order valence-corrected chi connectivity index (χ1v) is 11.6. The number of carbonyl (C=O) groups is 2. The first kappa shape index (κ1) is 25.9. The first-order valence-electron chi connectivity index (χ1n) is 10.9. The van der Waals surface area contributed by atoms with E-state index in [-0.39, 0.29) is 39.2 Å². The lowest BCUT2D eigenvalue weighted by Gasteiger charge is -2.25. The normalized spacial score (nSPS) is 17.3. The Balaban J connectivity index is 2.15. The van der Waals surface area contributed by atoms with Crippen molar-refractivity contribution < 1.29 is 28.9 Å². The number of amides is 1. The van der Waals surface area contributed by atoms with Crippen molar-refractivity contribution >= 4 is 40.7 Å². The molecule has 0 bridgehead atoms. The van der Waals surface area contributed by atoms with E-state index in [1.165, 1.54) is 24.1 Å². The zero-order valence-electron chi connectivity index (χ0n) is 19.3. The minimum Gasteiger partial charge on any atom is -0.507 e. The zero-order chi connectivity index (χ0) is 24.8. The third-order valence-corrected chi connectivity index (χ3v) is 5.97. The first-order chi connectivity index (χ1) is 16.3. The van der Waals surface area contributed by atoms with Gasteiger partial charge < -0.3 is 24.2 Å². The van der Waals surface area contributed by atoms with Crippen molar-refractivity contribution in [1.82, 2.24) is 4.90 Å². The van der Waals surface area contributed by atoms with Crippen LogP contribution in [-0.4, -0.2) is 55.7 Å². The van der Waals surface area contributed by atoms with Crippen molar-refractivity contribution in [2.75, 3.05) is 34.0 Å². The summed E-state index contributed by atoms with van der Waals surface area (Å²) >= 11 is 12.5. The van der Waals surface area contributed by atoms with E-state index >= 15 is 0 Å². The molecule has 1 saturated heterocycles. The molecule has 1 heterocycles. The molecule has 1 N–H and O–H groups in total. The number of benzene rings is 2. The molecule has 0 aromatic heterocycles. The van der Waals surface area contributed by atoms with Gasteiger partial charge in [-0.3, -0.25) is 9.59 Å². The van der Waals surface area contributed by atoms with Crippen LogP contribution in [0.2, 0.25) is 10.0 Å². The number of carbonyl (C=O) groups excluding carboxylic acids is 2. The maximum Gasteiger partial charge on any atom is 0.295 e. The van der Waals surface area contributed by atoms with Gasteiger partial charge in [-0.2, -0.15) is 0 Å². The maximum absolute atomic E-state index is 13.1. The van der Waals surface area contributed by atoms with Crippen LogP contribution in [0.5, 0.6) is 11.5 Å². The van der Waals surface area contributed by atoms with Crippen LogP contribution in [0.1, 0.15) is 36.9 Å². The van der Waals surface area contributed by atoms with E-state index in [1.54, 1.807) is 31.4 Å². The van der Waals surface area contributed by atoms with E-state index in [9.17, 15) is 14.7 Å². The number of ether oxygens (including phenoxy) is 3. The van der Waals surface area contributed by atoms with Crippen molar-refractivity contribution in [3.8, 4) is 11.5 Å². The monoisotopic (exact) mass is 507 g/mol. The van der Waals surface area contributed by atoms with Gasteiger partial charge in [-0.15, -0.1) is 0 Å². The molecule has 1 unspecified atom stereocenters. The molecule has 1 aliphatic heterocycles. The summed E-state index contributed by atoms with van der Waals surface area (Å²) in [4.78, 5) is 27.6. The van der Waals surface area contributed by atoms with Gasteiger partial charge >= 0.3 is 0 Å². The molecule has 9 heteroatoms. The van der Waals surface area contributed by atoms with Crippen LogP contribution in [0.3, 0.4) is 0 Å². The molecular weight excluding hydrogens is 481 g/mol. The molecule has 7 nitrogen and oxygen atoms in total. The number of rotatable bonds is 10. The Labute approximate surface area is 208 Å². The fourth-order valence-corrected chi connectivity index (χ4v) is 4.52. The van der Waals surface area contributed by atoms with Crippen LogP contribution in [0.15, 0.2) is 42.0 Å². The number of nitrogens with zero attached hydrogens (tertiary/aromatic N) is 1. The van der Waals surface area contributed by atoms with Crippen molar-refractivity contribution in [3.63, 3.8) is 0 Å². The highest BCUT2D eigenvalue weighted by Crippen LogP contribution is 2.42. The van der Waals surface area contributed by atoms with Crippen LogP contribution in [0.25, 0.3) is 5.76 Å². The minimum atomic E-state index is -0.818. The number of likely N-dealkylation sites (tertiary alicyclic amines) is 1. The highest BCUT2D eigenvalue weighted by molar-refractivity contribution is 6.46. The van der Waals surface area contributed by atoms with Crippen molar-refractivity contribution in [2.24, 2.45) is 0 Å². The molecule has 2 aromatic carbocycles. The largest absolute Gasteiger partial charge is 0.507 e. The number of hydrogen-bond acceptors (Lipinski definition) is 6. The Bertz CT molecular complexity index is 1080. The second kappa shape index (κ2) is 11.6. The smallest absolute Gasteiger partial charge is 0.295 e. The van der Waals surface area contributed by atoms with Gasteiger partial charge in [-0.25, -0.2) is 0 Å². The van der Waals surface area contributed by atoms with E-state index in [1.807, 2.05) is 6.92 Å². The summed E-state index contributed by atoms with van der Waals surface area (Å²) in [5.41, 5.74) is 0.791. The quantitative estimate of drug-likeness (QED) is 0.204. The molecule has 1 fully saturated rings. The Morgan fingerprint density at radius 2 is 1.79 bits per heavy atom. The van der Waals surface area contributed by atoms with E-state index in [2.05, 4.69) is 0 Å². The van der Waals surface area contributed by atoms with E-state index in [0.29, 0.717) is 30.9 Å². The second-order valence-electron chi connectivity index (χ2n) is 7.73. The predicted molar refractivity (Wildman–Crippen MR) is 131 cm³/mol. The van der Waals surface area contributed by atoms with Crippen molar-refractivity contribution in [1.29, 1.82) is 0 Å². The molecule has 0 saturated carbocycles. The van der Waals surface area contributed by atoms with E-state index in [0.717, 1.165) is 6.42 Å². The van der Waals surface area contributed by atoms with E-state index < -0.39 is 17.7 Å². The number of Topliss-reactive ketones (excluding diaryl/α,β-unsaturated/α-hetero) is 1. The summed E-state index contributed by atoms with van der Waals surface area (Å²) in [6.07, 6.45) is 1.35. The Kier molecular flexibility index (Phi) is 8.83. The number of aliphatic hydroxyl groups is 1. The third-order valence-electron chi connectivity index (χ3n) is 5.41. The van der Waals surface area contributed by atoms with Gasteiger partial charge in [0, 0.05) is 25.8 Å². The Hall–Kier alpha value is -2.74. The molecule has 34 heavy (non-hydrogen) atoms. The average Bonchev–Trinajstić information content (AvgIpc) is 3.07. The molecule has 0 radical (unpaired) electrons. The number of ketones is 1. The number of halogens is 2. The Morgan fingerprint density at radius 1 is 1.09 bits per heavy atom. The van der Waals surface area contributed by atoms with Crippen molar-refractivity contribution in [3.05, 3.63) is 63.1 Å². The second-order valence-corrected chi connectivity index (χ2v) is 8.55. The van der Waals surface area contributed by atoms with Crippen LogP contribution in [0.4, 0.5) is 0 Å². The van der Waals surface area contributed by atoms with Gasteiger partial charge in [0.25, 0.3) is 11.7 Å². The highest BCUT2D eigenvalue weighted by atomic mass is 35.5. The van der Waals surface area contributed by atoms with Crippen LogP contribution < -0.4 is 9.47 Å². The lowest BCUT2D eigenvalue weighted by molar-refractivity contribution is -0.140. The summed E-state index contributed by atoms with van der Waals surface area (Å²) < 4.78 is 16.0. The number of hydrogen-bond donors (Lipinski definition) is 1. The molecule has 2 aromatic rings. The van der Waals surface area contributed by atoms with Gasteiger partial charge in [-0.1, -0.05) is 42.3 Å². The lowest BCUT2D eigenvalue weighted by atomic mass is 9.95. The number of aliphatic hydroxyl groups excluding tert-OH is 1. The number of methoxy groups -OCH3 is 2. The molecular formula is C25H27Cl2NO6. The SMILES string of the molecule is CCCOc1cccc(C2/C(=C(\O)c3cc(Cl)c(OC)c(Cl)c3)C(=O)C(=O)N2CCCOC)c1. The molecule has 1 amide bonds. The molecule has 0 spiro atoms. The fourth-order valence-electron chi connectivity index (χ4n) is 3.88. The van der Waals surface area contributed by atoms with Gasteiger partial charge in [0.05, 0.1) is 35.4 Å². The van der Waals surface area contributed by atoms with Gasteiger partial charge in [0.1, 0.15) is 11.5 Å². The third kappa shape index (κ3) is 5.32. The summed E-state index contributed by atoms with van der Waals surface area (Å²) in [5, 5.41) is 11.5. The molecule has 1 aliphatic rings. The molecule has 182 valence electrons. The Morgan fingerprint density at radius 3 is 2.41 bits per heavy atom. The van der Waals surface area contributed by atoms with Crippen LogP contribution in [0, 0.1) is 0 Å². The molecule has 1 atom stereocenters. The van der Waals surface area contributed by atoms with E-state index in [4.69, 9.17) is 37.4 Å². The van der Waals surface area contributed by atoms with Crippen molar-refractivity contribution in [2.45, 2.75) is 25.8 Å². The summed E-state index contributed by atoms with van der Waals surface area (Å²) in [5.74, 6) is -1.00. The van der Waals surface area contributed by atoms with Gasteiger partial charge in [-0.05, 0) is 42.7 Å². The predicted octanol–water partition coefficient (Wildman–Crippen LogP) is 5.25. The zero-order valence-corrected chi connectivity index (χ0v) is 20.8. The maximum atomic E-state index is 13.1. The highest BCUT2D eigenvalue weighted by Gasteiger charge is 2.46. The summed E-state index contributed by atoms with van der Waals surface area (Å²) in [7, 11) is 2.99.